The number of halogens is 3. The number of aromatic hydroxyl groups is 1. The molecule has 172 valence electrons. The van der Waals surface area contributed by atoms with Gasteiger partial charge in [0.15, 0.2) is 11.4 Å². The van der Waals surface area contributed by atoms with Gasteiger partial charge in [-0.05, 0) is 18.9 Å². The third kappa shape index (κ3) is 3.74. The quantitative estimate of drug-likeness (QED) is 0.691. The zero-order valence-corrected chi connectivity index (χ0v) is 18.9. The summed E-state index contributed by atoms with van der Waals surface area (Å²) in [5.74, 6) is -2.74. The second-order valence-corrected chi connectivity index (χ2v) is 8.35. The highest BCUT2D eigenvalue weighted by molar-refractivity contribution is 6.30. The first-order chi connectivity index (χ1) is 14.7. The lowest BCUT2D eigenvalue weighted by Gasteiger charge is -2.55. The Morgan fingerprint density at radius 3 is 2.72 bits per heavy atom. The molecule has 0 bridgehead atoms. The molecule has 2 heterocycles. The molecular formula is C21H22Cl2FN3O5. The van der Waals surface area contributed by atoms with Gasteiger partial charge in [0.25, 0.3) is 11.8 Å². The van der Waals surface area contributed by atoms with Gasteiger partial charge in [0.1, 0.15) is 11.4 Å². The number of carbonyl (C=O) groups is 2. The fourth-order valence-corrected chi connectivity index (χ4v) is 4.47. The average molecular weight is 486 g/mol. The van der Waals surface area contributed by atoms with Crippen LogP contribution in [0, 0.1) is 5.82 Å². The van der Waals surface area contributed by atoms with Crippen molar-refractivity contribution in [1.29, 1.82) is 0 Å². The van der Waals surface area contributed by atoms with Crippen molar-refractivity contribution in [2.24, 2.45) is 0 Å². The van der Waals surface area contributed by atoms with Crippen LogP contribution >= 0.6 is 24.0 Å². The summed E-state index contributed by atoms with van der Waals surface area (Å²) >= 11 is 5.74. The number of nitrogens with one attached hydrogen (secondary N) is 1. The van der Waals surface area contributed by atoms with Crippen molar-refractivity contribution < 1.29 is 23.8 Å². The molecule has 1 fully saturated rings. The van der Waals surface area contributed by atoms with Crippen LogP contribution in [-0.4, -0.2) is 52.2 Å². The van der Waals surface area contributed by atoms with Gasteiger partial charge in [-0.2, -0.15) is 0 Å². The highest BCUT2D eigenvalue weighted by Crippen LogP contribution is 2.44. The van der Waals surface area contributed by atoms with Gasteiger partial charge in [-0.3, -0.25) is 14.4 Å². The molecule has 2 aromatic rings. The van der Waals surface area contributed by atoms with E-state index in [-0.39, 0.29) is 46.9 Å². The predicted octanol–water partition coefficient (Wildman–Crippen LogP) is 2.33. The van der Waals surface area contributed by atoms with Gasteiger partial charge in [0.2, 0.25) is 5.43 Å². The van der Waals surface area contributed by atoms with Gasteiger partial charge in [0, 0.05) is 39.0 Å². The maximum absolute atomic E-state index is 14.1. The smallest absolute Gasteiger partial charge is 0.274 e. The molecule has 1 aliphatic heterocycles. The minimum Gasteiger partial charge on any atom is -0.503 e. The van der Waals surface area contributed by atoms with Crippen LogP contribution in [0.3, 0.4) is 0 Å². The molecule has 0 saturated heterocycles. The maximum atomic E-state index is 14.1. The number of amides is 2. The standard InChI is InChI=1S/C21H21ClFN3O5.ClH/c1-25-20(30)16-18(28)17(27)13(9-26(16)10-21(25)6-12(7-21)31-2)19(29)24-8-11-4-3-5-14(22)15(11)23;/h3-5,9,12,28H,6-8,10H2,1-2H3,(H,24,29);1H/t12-,21+;. The van der Waals surface area contributed by atoms with E-state index in [0.29, 0.717) is 19.4 Å². The van der Waals surface area contributed by atoms with Gasteiger partial charge in [-0.25, -0.2) is 4.39 Å². The first-order valence-corrected chi connectivity index (χ1v) is 10.0. The van der Waals surface area contributed by atoms with Crippen LogP contribution in [0.5, 0.6) is 5.75 Å². The van der Waals surface area contributed by atoms with Gasteiger partial charge < -0.3 is 24.6 Å². The molecule has 2 N–H and O–H groups in total. The highest BCUT2D eigenvalue weighted by Gasteiger charge is 2.53. The number of likely N-dealkylation sites (N-methyl/N-ethyl adjacent to an activating group) is 1. The molecule has 0 unspecified atom stereocenters. The van der Waals surface area contributed by atoms with Crippen LogP contribution < -0.4 is 10.7 Å². The van der Waals surface area contributed by atoms with E-state index in [2.05, 4.69) is 5.32 Å². The second-order valence-electron chi connectivity index (χ2n) is 7.95. The fourth-order valence-electron chi connectivity index (χ4n) is 4.27. The Labute approximate surface area is 194 Å². The topological polar surface area (TPSA) is 101 Å². The lowest BCUT2D eigenvalue weighted by Crippen LogP contribution is -2.65. The molecular weight excluding hydrogens is 464 g/mol. The number of hydrogen-bond donors (Lipinski definition) is 2. The van der Waals surface area contributed by atoms with E-state index in [4.69, 9.17) is 16.3 Å². The Kier molecular flexibility index (Phi) is 6.55. The summed E-state index contributed by atoms with van der Waals surface area (Å²) in [6.45, 7) is 0.107. The molecule has 4 rings (SSSR count). The van der Waals surface area contributed by atoms with Crippen LogP contribution in [0.2, 0.25) is 5.02 Å². The summed E-state index contributed by atoms with van der Waals surface area (Å²) in [4.78, 5) is 39.6. The molecule has 32 heavy (non-hydrogen) atoms. The average Bonchev–Trinajstić information content (AvgIpc) is 2.72. The van der Waals surface area contributed by atoms with Gasteiger partial charge >= 0.3 is 0 Å². The predicted molar refractivity (Wildman–Crippen MR) is 117 cm³/mol. The zero-order chi connectivity index (χ0) is 22.5. The minimum absolute atomic E-state index is 0. The number of rotatable bonds is 4. The summed E-state index contributed by atoms with van der Waals surface area (Å²) in [5, 5.41) is 12.8. The van der Waals surface area contributed by atoms with E-state index < -0.39 is 34.3 Å². The third-order valence-corrected chi connectivity index (χ3v) is 6.50. The summed E-state index contributed by atoms with van der Waals surface area (Å²) in [6.07, 6.45) is 2.50. The Hall–Kier alpha value is -2.62. The lowest BCUT2D eigenvalue weighted by molar-refractivity contribution is -0.0848. The van der Waals surface area contributed by atoms with Crippen LogP contribution in [0.15, 0.2) is 29.2 Å². The van der Waals surface area contributed by atoms with Crippen LogP contribution in [-0.2, 0) is 17.8 Å². The largest absolute Gasteiger partial charge is 0.503 e. The van der Waals surface area contributed by atoms with Crippen molar-refractivity contribution >= 4 is 35.8 Å². The molecule has 0 radical (unpaired) electrons. The number of aromatic nitrogens is 1. The normalized spacial score (nSPS) is 21.6. The molecule has 2 amide bonds. The number of ether oxygens (including phenoxy) is 1. The van der Waals surface area contributed by atoms with E-state index in [1.165, 1.54) is 27.8 Å². The Bertz CT molecular complexity index is 1150. The molecule has 8 nitrogen and oxygen atoms in total. The number of carbonyl (C=O) groups excluding carboxylic acids is 2. The van der Waals surface area contributed by atoms with E-state index in [1.54, 1.807) is 20.2 Å². The Morgan fingerprint density at radius 2 is 2.06 bits per heavy atom. The molecule has 1 spiro atoms. The molecule has 1 aromatic heterocycles. The minimum atomic E-state index is -0.962. The molecule has 1 aliphatic carbocycles. The van der Waals surface area contributed by atoms with Crippen molar-refractivity contribution in [2.45, 2.75) is 37.6 Å². The van der Waals surface area contributed by atoms with E-state index in [9.17, 15) is 23.9 Å². The van der Waals surface area contributed by atoms with Crippen molar-refractivity contribution in [2.75, 3.05) is 14.2 Å². The van der Waals surface area contributed by atoms with Crippen molar-refractivity contribution in [3.05, 3.63) is 62.3 Å². The van der Waals surface area contributed by atoms with Crippen LogP contribution in [0.1, 0.15) is 39.3 Å². The molecule has 1 aromatic carbocycles. The number of benzene rings is 1. The number of nitrogens with zero attached hydrogens (tertiary/aromatic N) is 2. The van der Waals surface area contributed by atoms with Crippen LogP contribution in [0.4, 0.5) is 4.39 Å². The van der Waals surface area contributed by atoms with Gasteiger partial charge in [-0.1, -0.05) is 23.7 Å². The molecule has 0 atom stereocenters. The monoisotopic (exact) mass is 485 g/mol. The summed E-state index contributed by atoms with van der Waals surface area (Å²) in [7, 11) is 3.23. The number of hydrogen-bond acceptors (Lipinski definition) is 5. The van der Waals surface area contributed by atoms with Crippen LogP contribution in [0.25, 0.3) is 0 Å². The summed E-state index contributed by atoms with van der Waals surface area (Å²) < 4.78 is 20.8. The first-order valence-electron chi connectivity index (χ1n) is 9.67. The SMILES string of the molecule is CO[C@H]1C[C@]2(Cn3cc(C(=O)NCc4cccc(Cl)c4F)c(=O)c(O)c3C(=O)N2C)C1.Cl. The highest BCUT2D eigenvalue weighted by atomic mass is 35.5. The van der Waals surface area contributed by atoms with Gasteiger partial charge in [0.05, 0.1) is 16.7 Å². The summed E-state index contributed by atoms with van der Waals surface area (Å²) in [5.41, 5.74) is -1.81. The maximum Gasteiger partial charge on any atom is 0.274 e. The fraction of sp³-hybridized carbons (Fsp3) is 0.381. The molecule has 11 heteroatoms. The first kappa shape index (κ1) is 24.0. The van der Waals surface area contributed by atoms with Crippen molar-refractivity contribution in [3.8, 4) is 5.75 Å². The Morgan fingerprint density at radius 1 is 1.38 bits per heavy atom. The second kappa shape index (κ2) is 8.73. The van der Waals surface area contributed by atoms with Gasteiger partial charge in [-0.15, -0.1) is 12.4 Å². The number of fused-ring (bicyclic) bond motifs is 1. The lowest BCUT2D eigenvalue weighted by atomic mass is 9.71. The van der Waals surface area contributed by atoms with Crippen molar-refractivity contribution in [1.82, 2.24) is 14.8 Å². The van der Waals surface area contributed by atoms with Crippen molar-refractivity contribution in [3.63, 3.8) is 0 Å². The summed E-state index contributed by atoms with van der Waals surface area (Å²) in [6, 6.07) is 4.38. The number of methoxy groups -OCH3 is 1. The van der Waals surface area contributed by atoms with E-state index in [1.807, 2.05) is 0 Å². The van der Waals surface area contributed by atoms with E-state index in [0.717, 1.165) is 0 Å². The zero-order valence-electron chi connectivity index (χ0n) is 17.4. The molecule has 2 aliphatic rings. The molecule has 1 saturated carbocycles. The third-order valence-electron chi connectivity index (χ3n) is 6.20. The van der Waals surface area contributed by atoms with E-state index >= 15 is 0 Å². The Balaban J connectivity index is 0.00000289. The number of pyridine rings is 1.